The summed E-state index contributed by atoms with van der Waals surface area (Å²) < 4.78 is 6.98. The first-order valence-corrected chi connectivity index (χ1v) is 6.96. The Labute approximate surface area is 126 Å². The molecule has 1 aromatic carbocycles. The summed E-state index contributed by atoms with van der Waals surface area (Å²) in [5.41, 5.74) is 0.583. The van der Waals surface area contributed by atoms with Crippen molar-refractivity contribution in [3.63, 3.8) is 0 Å². The SMILES string of the molecule is CCn1ncc(OC(C)c2ccc(Cl)cc2)c(Cl)c1=O. The van der Waals surface area contributed by atoms with E-state index in [1.807, 2.05) is 26.0 Å². The van der Waals surface area contributed by atoms with E-state index in [9.17, 15) is 4.79 Å². The van der Waals surface area contributed by atoms with Gasteiger partial charge in [-0.05, 0) is 31.5 Å². The normalized spacial score (nSPS) is 12.2. The number of aryl methyl sites for hydroxylation is 1. The minimum absolute atomic E-state index is 0.0441. The molecule has 0 aliphatic heterocycles. The van der Waals surface area contributed by atoms with Crippen molar-refractivity contribution in [3.8, 4) is 5.75 Å². The zero-order valence-electron chi connectivity index (χ0n) is 11.1. The van der Waals surface area contributed by atoms with E-state index in [2.05, 4.69) is 5.10 Å². The summed E-state index contributed by atoms with van der Waals surface area (Å²) in [4.78, 5) is 11.9. The predicted octanol–water partition coefficient (Wildman–Crippen LogP) is 3.71. The number of halogens is 2. The molecule has 0 amide bonds. The molecule has 0 saturated carbocycles. The van der Waals surface area contributed by atoms with Gasteiger partial charge in [-0.2, -0.15) is 5.10 Å². The Morgan fingerprint density at radius 1 is 1.30 bits per heavy atom. The van der Waals surface area contributed by atoms with Gasteiger partial charge in [-0.3, -0.25) is 4.79 Å². The van der Waals surface area contributed by atoms with Gasteiger partial charge < -0.3 is 4.74 Å². The van der Waals surface area contributed by atoms with Gasteiger partial charge in [0.1, 0.15) is 6.10 Å². The van der Waals surface area contributed by atoms with Gasteiger partial charge in [-0.1, -0.05) is 35.3 Å². The monoisotopic (exact) mass is 312 g/mol. The minimum atomic E-state index is -0.352. The van der Waals surface area contributed by atoms with Crippen molar-refractivity contribution in [3.05, 3.63) is 56.4 Å². The van der Waals surface area contributed by atoms with Gasteiger partial charge >= 0.3 is 0 Å². The molecular weight excluding hydrogens is 299 g/mol. The van der Waals surface area contributed by atoms with Crippen molar-refractivity contribution in [2.75, 3.05) is 0 Å². The molecule has 2 aromatic rings. The van der Waals surface area contributed by atoms with Crippen molar-refractivity contribution in [2.24, 2.45) is 0 Å². The Bertz CT molecular complexity index is 653. The second-order valence-corrected chi connectivity index (χ2v) is 5.07. The Morgan fingerprint density at radius 2 is 1.95 bits per heavy atom. The molecule has 0 N–H and O–H groups in total. The highest BCUT2D eigenvalue weighted by Crippen LogP contribution is 2.26. The van der Waals surface area contributed by atoms with E-state index in [0.29, 0.717) is 11.6 Å². The topological polar surface area (TPSA) is 44.1 Å². The van der Waals surface area contributed by atoms with Crippen LogP contribution >= 0.6 is 23.2 Å². The van der Waals surface area contributed by atoms with Crippen LogP contribution in [0.5, 0.6) is 5.75 Å². The highest BCUT2D eigenvalue weighted by Gasteiger charge is 2.14. The highest BCUT2D eigenvalue weighted by atomic mass is 35.5. The van der Waals surface area contributed by atoms with Crippen LogP contribution in [0.4, 0.5) is 0 Å². The third-order valence-corrected chi connectivity index (χ3v) is 3.50. The Balaban J connectivity index is 2.24. The predicted molar refractivity (Wildman–Crippen MR) is 79.7 cm³/mol. The van der Waals surface area contributed by atoms with Gasteiger partial charge in [0.25, 0.3) is 5.56 Å². The van der Waals surface area contributed by atoms with Gasteiger partial charge in [-0.15, -0.1) is 0 Å². The van der Waals surface area contributed by atoms with Crippen LogP contribution in [0.2, 0.25) is 10.0 Å². The highest BCUT2D eigenvalue weighted by molar-refractivity contribution is 6.31. The number of ether oxygens (including phenoxy) is 1. The van der Waals surface area contributed by atoms with Crippen molar-refractivity contribution in [1.82, 2.24) is 9.78 Å². The third kappa shape index (κ3) is 3.14. The lowest BCUT2D eigenvalue weighted by molar-refractivity contribution is 0.224. The second-order valence-electron chi connectivity index (χ2n) is 4.26. The lowest BCUT2D eigenvalue weighted by atomic mass is 10.1. The molecule has 0 spiro atoms. The quantitative estimate of drug-likeness (QED) is 0.864. The summed E-state index contributed by atoms with van der Waals surface area (Å²) in [7, 11) is 0. The maximum Gasteiger partial charge on any atom is 0.289 e. The van der Waals surface area contributed by atoms with Gasteiger partial charge in [-0.25, -0.2) is 4.68 Å². The summed E-state index contributed by atoms with van der Waals surface area (Å²) in [6, 6.07) is 7.29. The Kier molecular flexibility index (Phi) is 4.68. The molecule has 20 heavy (non-hydrogen) atoms. The molecule has 1 unspecified atom stereocenters. The maximum atomic E-state index is 11.9. The van der Waals surface area contributed by atoms with Crippen LogP contribution < -0.4 is 10.3 Å². The lowest BCUT2D eigenvalue weighted by Crippen LogP contribution is -2.23. The zero-order valence-corrected chi connectivity index (χ0v) is 12.6. The second kappa shape index (κ2) is 6.29. The number of nitrogens with zero attached hydrogens (tertiary/aromatic N) is 2. The molecular formula is C14H14Cl2N2O2. The van der Waals surface area contributed by atoms with Crippen LogP contribution in [-0.4, -0.2) is 9.78 Å². The standard InChI is InChI=1S/C14H14Cl2N2O2/c1-3-18-14(19)13(16)12(8-17-18)20-9(2)10-4-6-11(15)7-5-10/h4-9H,3H2,1-2H3. The van der Waals surface area contributed by atoms with Crippen LogP contribution in [0.1, 0.15) is 25.5 Å². The molecule has 0 aliphatic carbocycles. The van der Waals surface area contributed by atoms with Crippen LogP contribution in [0.3, 0.4) is 0 Å². The number of hydrogen-bond acceptors (Lipinski definition) is 3. The van der Waals surface area contributed by atoms with E-state index >= 15 is 0 Å². The number of aromatic nitrogens is 2. The molecule has 0 fully saturated rings. The minimum Gasteiger partial charge on any atom is -0.483 e. The van der Waals surface area contributed by atoms with E-state index in [4.69, 9.17) is 27.9 Å². The first-order valence-electron chi connectivity index (χ1n) is 6.20. The summed E-state index contributed by atoms with van der Waals surface area (Å²) in [6.45, 7) is 4.15. The number of rotatable bonds is 4. The van der Waals surface area contributed by atoms with Gasteiger partial charge in [0.2, 0.25) is 0 Å². The lowest BCUT2D eigenvalue weighted by Gasteiger charge is -2.16. The fourth-order valence-electron chi connectivity index (χ4n) is 1.75. The van der Waals surface area contributed by atoms with Gasteiger partial charge in [0.05, 0.1) is 6.20 Å². The summed E-state index contributed by atoms with van der Waals surface area (Å²) >= 11 is 11.9. The number of benzene rings is 1. The van der Waals surface area contributed by atoms with Crippen LogP contribution in [-0.2, 0) is 6.54 Å². The van der Waals surface area contributed by atoms with Crippen LogP contribution in [0, 0.1) is 0 Å². The summed E-state index contributed by atoms with van der Waals surface area (Å²) in [6.07, 6.45) is 1.20. The molecule has 6 heteroatoms. The van der Waals surface area contributed by atoms with E-state index in [1.54, 1.807) is 12.1 Å². The van der Waals surface area contributed by atoms with Crippen molar-refractivity contribution in [2.45, 2.75) is 26.5 Å². The average molecular weight is 313 g/mol. The largest absolute Gasteiger partial charge is 0.483 e. The van der Waals surface area contributed by atoms with E-state index in [-0.39, 0.29) is 22.4 Å². The van der Waals surface area contributed by atoms with Crippen LogP contribution in [0.25, 0.3) is 0 Å². The molecule has 0 aliphatic rings. The molecule has 1 atom stereocenters. The molecule has 2 rings (SSSR count). The van der Waals surface area contributed by atoms with E-state index in [1.165, 1.54) is 10.9 Å². The summed E-state index contributed by atoms with van der Waals surface area (Å²) in [5.74, 6) is 0.281. The first kappa shape index (κ1) is 14.9. The zero-order chi connectivity index (χ0) is 14.7. The molecule has 106 valence electrons. The third-order valence-electron chi connectivity index (χ3n) is 2.90. The smallest absolute Gasteiger partial charge is 0.289 e. The fourth-order valence-corrected chi connectivity index (χ4v) is 2.07. The Morgan fingerprint density at radius 3 is 2.55 bits per heavy atom. The fraction of sp³-hybridized carbons (Fsp3) is 0.286. The maximum absolute atomic E-state index is 11.9. The van der Waals surface area contributed by atoms with Gasteiger partial charge in [0.15, 0.2) is 10.8 Å². The average Bonchev–Trinajstić information content (AvgIpc) is 2.45. The molecule has 0 bridgehead atoms. The molecule has 0 radical (unpaired) electrons. The summed E-state index contributed by atoms with van der Waals surface area (Å²) in [5, 5.41) is 4.69. The van der Waals surface area contributed by atoms with Crippen molar-refractivity contribution in [1.29, 1.82) is 0 Å². The molecule has 4 nitrogen and oxygen atoms in total. The Hall–Kier alpha value is -1.52. The van der Waals surface area contributed by atoms with Crippen LogP contribution in [0.15, 0.2) is 35.3 Å². The van der Waals surface area contributed by atoms with Crippen molar-refractivity contribution < 1.29 is 4.74 Å². The molecule has 0 saturated heterocycles. The van der Waals surface area contributed by atoms with Gasteiger partial charge in [0, 0.05) is 11.6 Å². The van der Waals surface area contributed by atoms with Crippen molar-refractivity contribution >= 4 is 23.2 Å². The number of hydrogen-bond donors (Lipinski definition) is 0. The van der Waals surface area contributed by atoms with E-state index < -0.39 is 0 Å². The van der Waals surface area contributed by atoms with E-state index in [0.717, 1.165) is 5.56 Å². The first-order chi connectivity index (χ1) is 9.52. The molecule has 1 heterocycles. The molecule has 1 aromatic heterocycles.